The predicted molar refractivity (Wildman–Crippen MR) is 86.6 cm³/mol. The molecule has 2 aromatic carbocycles. The van der Waals surface area contributed by atoms with Crippen molar-refractivity contribution in [1.82, 2.24) is 5.32 Å². The van der Waals surface area contributed by atoms with Crippen LogP contribution in [-0.2, 0) is 11.3 Å². The minimum atomic E-state index is -1.18. The Labute approximate surface area is 137 Å². The van der Waals surface area contributed by atoms with E-state index in [9.17, 15) is 9.59 Å². The molecule has 1 amide bonds. The van der Waals surface area contributed by atoms with Gasteiger partial charge in [0.05, 0.1) is 0 Å². The average molecular weight is 335 g/mol. The zero-order valence-corrected chi connectivity index (χ0v) is 12.8. The van der Waals surface area contributed by atoms with Gasteiger partial charge in [0, 0.05) is 17.3 Å². The SMILES string of the molecule is Nc1cccc(CNC(=O)COc2ccc(Cl)cc2C(=O)O)c1. The Morgan fingerprint density at radius 1 is 1.22 bits per heavy atom. The standard InChI is InChI=1S/C16H15ClN2O4/c17-11-4-5-14(13(7-11)16(21)22)23-9-15(20)19-8-10-2-1-3-12(18)6-10/h1-7H,8-9,18H2,(H,19,20)(H,21,22). The number of ether oxygens (including phenoxy) is 1. The van der Waals surface area contributed by atoms with Crippen LogP contribution in [-0.4, -0.2) is 23.6 Å². The third-order valence-corrected chi connectivity index (χ3v) is 3.21. The second-order valence-electron chi connectivity index (χ2n) is 4.76. The van der Waals surface area contributed by atoms with Crippen LogP contribution in [0.5, 0.6) is 5.75 Å². The van der Waals surface area contributed by atoms with Crippen molar-refractivity contribution in [1.29, 1.82) is 0 Å². The first-order valence-electron chi connectivity index (χ1n) is 6.72. The number of halogens is 1. The van der Waals surface area contributed by atoms with Crippen molar-refractivity contribution in [2.75, 3.05) is 12.3 Å². The quantitative estimate of drug-likeness (QED) is 0.704. The van der Waals surface area contributed by atoms with Crippen LogP contribution in [0.2, 0.25) is 5.02 Å². The van der Waals surface area contributed by atoms with E-state index in [0.717, 1.165) is 5.56 Å². The van der Waals surface area contributed by atoms with Crippen molar-refractivity contribution in [3.8, 4) is 5.75 Å². The second-order valence-corrected chi connectivity index (χ2v) is 5.19. The second kappa shape index (κ2) is 7.51. The number of hydrogen-bond donors (Lipinski definition) is 3. The summed E-state index contributed by atoms with van der Waals surface area (Å²) in [5.74, 6) is -1.47. The Hall–Kier alpha value is -2.73. The molecule has 0 saturated heterocycles. The number of rotatable bonds is 6. The molecule has 4 N–H and O–H groups in total. The number of nitrogens with two attached hydrogens (primary N) is 1. The summed E-state index contributed by atoms with van der Waals surface area (Å²) in [4.78, 5) is 22.9. The molecule has 7 heteroatoms. The number of benzene rings is 2. The summed E-state index contributed by atoms with van der Waals surface area (Å²) in [5.41, 5.74) is 7.03. The van der Waals surface area contributed by atoms with Gasteiger partial charge >= 0.3 is 5.97 Å². The number of carboxylic acids is 1. The van der Waals surface area contributed by atoms with E-state index in [2.05, 4.69) is 5.32 Å². The molecule has 0 spiro atoms. The molecule has 0 fully saturated rings. The molecular weight excluding hydrogens is 320 g/mol. The van der Waals surface area contributed by atoms with Crippen LogP contribution in [0.15, 0.2) is 42.5 Å². The van der Waals surface area contributed by atoms with E-state index >= 15 is 0 Å². The van der Waals surface area contributed by atoms with Crippen LogP contribution in [0, 0.1) is 0 Å². The summed E-state index contributed by atoms with van der Waals surface area (Å²) in [7, 11) is 0. The fraction of sp³-hybridized carbons (Fsp3) is 0.125. The highest BCUT2D eigenvalue weighted by atomic mass is 35.5. The summed E-state index contributed by atoms with van der Waals surface area (Å²) in [6.07, 6.45) is 0. The first-order chi connectivity index (χ1) is 11.0. The Balaban J connectivity index is 1.91. The Morgan fingerprint density at radius 2 is 2.00 bits per heavy atom. The number of amides is 1. The molecule has 0 heterocycles. The molecule has 0 aliphatic rings. The number of nitrogen functional groups attached to an aromatic ring is 1. The summed E-state index contributed by atoms with van der Waals surface area (Å²) in [6.45, 7) is 0.00384. The lowest BCUT2D eigenvalue weighted by Crippen LogP contribution is -2.28. The van der Waals surface area contributed by atoms with Crippen LogP contribution in [0.4, 0.5) is 5.69 Å². The van der Waals surface area contributed by atoms with Crippen molar-refractivity contribution in [2.45, 2.75) is 6.54 Å². The van der Waals surface area contributed by atoms with E-state index in [0.29, 0.717) is 12.2 Å². The largest absolute Gasteiger partial charge is 0.483 e. The summed E-state index contributed by atoms with van der Waals surface area (Å²) in [6, 6.07) is 11.3. The molecular formula is C16H15ClN2O4. The maximum atomic E-state index is 11.8. The van der Waals surface area contributed by atoms with Crippen LogP contribution < -0.4 is 15.8 Å². The van der Waals surface area contributed by atoms with Gasteiger partial charge in [0.15, 0.2) is 6.61 Å². The van der Waals surface area contributed by atoms with E-state index in [4.69, 9.17) is 27.2 Å². The van der Waals surface area contributed by atoms with Crippen molar-refractivity contribution in [3.05, 3.63) is 58.6 Å². The van der Waals surface area contributed by atoms with E-state index < -0.39 is 5.97 Å². The van der Waals surface area contributed by atoms with E-state index in [-0.39, 0.29) is 28.8 Å². The van der Waals surface area contributed by atoms with Crippen molar-refractivity contribution in [3.63, 3.8) is 0 Å². The van der Waals surface area contributed by atoms with Crippen LogP contribution in [0.1, 0.15) is 15.9 Å². The average Bonchev–Trinajstić information content (AvgIpc) is 2.51. The lowest BCUT2D eigenvalue weighted by atomic mass is 10.2. The van der Waals surface area contributed by atoms with Gasteiger partial charge in [-0.3, -0.25) is 4.79 Å². The number of anilines is 1. The molecule has 120 valence electrons. The molecule has 23 heavy (non-hydrogen) atoms. The molecule has 2 rings (SSSR count). The van der Waals surface area contributed by atoms with Gasteiger partial charge in [0.1, 0.15) is 11.3 Å². The zero-order chi connectivity index (χ0) is 16.8. The third kappa shape index (κ3) is 4.89. The van der Waals surface area contributed by atoms with Gasteiger partial charge in [0.25, 0.3) is 5.91 Å². The Bertz CT molecular complexity index is 734. The normalized spacial score (nSPS) is 10.1. The monoisotopic (exact) mass is 334 g/mol. The fourth-order valence-corrected chi connectivity index (χ4v) is 2.07. The highest BCUT2D eigenvalue weighted by molar-refractivity contribution is 6.31. The smallest absolute Gasteiger partial charge is 0.339 e. The molecule has 0 aliphatic heterocycles. The number of aromatic carboxylic acids is 1. The molecule has 2 aromatic rings. The highest BCUT2D eigenvalue weighted by Gasteiger charge is 2.13. The van der Waals surface area contributed by atoms with Crippen LogP contribution in [0.25, 0.3) is 0 Å². The number of carbonyl (C=O) groups is 2. The van der Waals surface area contributed by atoms with Crippen LogP contribution >= 0.6 is 11.6 Å². The zero-order valence-electron chi connectivity index (χ0n) is 12.1. The highest BCUT2D eigenvalue weighted by Crippen LogP contribution is 2.22. The first kappa shape index (κ1) is 16.6. The third-order valence-electron chi connectivity index (χ3n) is 2.97. The van der Waals surface area contributed by atoms with Gasteiger partial charge in [-0.1, -0.05) is 23.7 Å². The lowest BCUT2D eigenvalue weighted by Gasteiger charge is -2.10. The maximum Gasteiger partial charge on any atom is 0.339 e. The summed E-state index contributed by atoms with van der Waals surface area (Å²) >= 11 is 5.75. The number of carboxylic acid groups (broad SMARTS) is 1. The van der Waals surface area contributed by atoms with E-state index in [1.165, 1.54) is 18.2 Å². The molecule has 0 aliphatic carbocycles. The molecule has 0 unspecified atom stereocenters. The van der Waals surface area contributed by atoms with Gasteiger partial charge in [-0.15, -0.1) is 0 Å². The van der Waals surface area contributed by atoms with Gasteiger partial charge < -0.3 is 20.9 Å². The molecule has 6 nitrogen and oxygen atoms in total. The first-order valence-corrected chi connectivity index (χ1v) is 7.10. The fourth-order valence-electron chi connectivity index (χ4n) is 1.89. The number of nitrogens with one attached hydrogen (secondary N) is 1. The van der Waals surface area contributed by atoms with Crippen LogP contribution in [0.3, 0.4) is 0 Å². The molecule has 0 radical (unpaired) electrons. The van der Waals surface area contributed by atoms with Gasteiger partial charge in [-0.25, -0.2) is 4.79 Å². The minimum Gasteiger partial charge on any atom is -0.483 e. The van der Waals surface area contributed by atoms with Crippen molar-refractivity contribution >= 4 is 29.2 Å². The van der Waals surface area contributed by atoms with Gasteiger partial charge in [-0.2, -0.15) is 0 Å². The van der Waals surface area contributed by atoms with Gasteiger partial charge in [-0.05, 0) is 35.9 Å². The topological polar surface area (TPSA) is 102 Å². The van der Waals surface area contributed by atoms with Crippen molar-refractivity contribution < 1.29 is 19.4 Å². The molecule has 0 bridgehead atoms. The molecule has 0 atom stereocenters. The maximum absolute atomic E-state index is 11.8. The van der Waals surface area contributed by atoms with E-state index in [1.807, 2.05) is 6.07 Å². The molecule has 0 saturated carbocycles. The Morgan fingerprint density at radius 3 is 2.70 bits per heavy atom. The number of hydrogen-bond acceptors (Lipinski definition) is 4. The van der Waals surface area contributed by atoms with Gasteiger partial charge in [0.2, 0.25) is 0 Å². The van der Waals surface area contributed by atoms with Crippen molar-refractivity contribution in [2.24, 2.45) is 0 Å². The minimum absolute atomic E-state index is 0.0843. The predicted octanol–water partition coefficient (Wildman–Crippen LogP) is 2.32. The number of carbonyl (C=O) groups excluding carboxylic acids is 1. The molecule has 0 aromatic heterocycles. The lowest BCUT2D eigenvalue weighted by molar-refractivity contribution is -0.123. The summed E-state index contributed by atoms with van der Waals surface area (Å²) in [5, 5.41) is 12.0. The Kier molecular flexibility index (Phi) is 5.43. The van der Waals surface area contributed by atoms with E-state index in [1.54, 1.807) is 18.2 Å². The summed E-state index contributed by atoms with van der Waals surface area (Å²) < 4.78 is 5.25.